The zero-order valence-corrected chi connectivity index (χ0v) is 11.8. The van der Waals surface area contributed by atoms with E-state index in [4.69, 9.17) is 15.3 Å². The van der Waals surface area contributed by atoms with Crippen LogP contribution in [-0.2, 0) is 6.61 Å². The maximum atomic E-state index is 11.3. The number of nitrogens with zero attached hydrogens (tertiary/aromatic N) is 1. The number of nitrogens with one attached hydrogen (secondary N) is 1. The number of carbonyl (C=O) groups excluding carboxylic acids is 1. The molecule has 0 saturated heterocycles. The standard InChI is InChI=1S/C13H15N3O3S/c1-2-18-9-5-3-4-6-10(9)19-8-12-15-7-11(20-12)13(17)16-14/h3-7H,2,8,14H2,1H3,(H,16,17). The Bertz CT molecular complexity index is 586. The van der Waals surface area contributed by atoms with E-state index in [1.54, 1.807) is 0 Å². The number of amides is 1. The summed E-state index contributed by atoms with van der Waals surface area (Å²) in [5.74, 6) is 6.04. The monoisotopic (exact) mass is 293 g/mol. The fourth-order valence-corrected chi connectivity index (χ4v) is 2.27. The van der Waals surface area contributed by atoms with Crippen molar-refractivity contribution in [1.82, 2.24) is 10.4 Å². The first-order valence-corrected chi connectivity index (χ1v) is 6.86. The van der Waals surface area contributed by atoms with Gasteiger partial charge in [-0.05, 0) is 19.1 Å². The second-order valence-electron chi connectivity index (χ2n) is 3.76. The highest BCUT2D eigenvalue weighted by Gasteiger charge is 2.10. The lowest BCUT2D eigenvalue weighted by atomic mass is 10.3. The van der Waals surface area contributed by atoms with Gasteiger partial charge in [-0.25, -0.2) is 10.8 Å². The van der Waals surface area contributed by atoms with E-state index in [0.717, 1.165) is 0 Å². The van der Waals surface area contributed by atoms with Crippen LogP contribution < -0.4 is 20.7 Å². The molecular weight excluding hydrogens is 278 g/mol. The topological polar surface area (TPSA) is 86.5 Å². The van der Waals surface area contributed by atoms with Crippen LogP contribution in [0.1, 0.15) is 21.6 Å². The average molecular weight is 293 g/mol. The molecule has 0 aliphatic carbocycles. The number of hydrogen-bond acceptors (Lipinski definition) is 6. The Hall–Kier alpha value is -2.12. The minimum atomic E-state index is -0.358. The van der Waals surface area contributed by atoms with Crippen LogP contribution in [0.4, 0.5) is 0 Å². The van der Waals surface area contributed by atoms with Crippen LogP contribution in [0.2, 0.25) is 0 Å². The summed E-state index contributed by atoms with van der Waals surface area (Å²) in [6, 6.07) is 7.41. The third kappa shape index (κ3) is 3.46. The highest BCUT2D eigenvalue weighted by atomic mass is 32.1. The lowest BCUT2D eigenvalue weighted by Gasteiger charge is -2.10. The zero-order chi connectivity index (χ0) is 14.4. The molecule has 7 heteroatoms. The van der Waals surface area contributed by atoms with Gasteiger partial charge in [0, 0.05) is 0 Å². The van der Waals surface area contributed by atoms with Gasteiger partial charge in [0.1, 0.15) is 16.5 Å². The molecule has 6 nitrogen and oxygen atoms in total. The molecule has 0 spiro atoms. The van der Waals surface area contributed by atoms with Crippen LogP contribution in [0.5, 0.6) is 11.5 Å². The molecular formula is C13H15N3O3S. The van der Waals surface area contributed by atoms with Crippen molar-refractivity contribution in [2.45, 2.75) is 13.5 Å². The Morgan fingerprint density at radius 1 is 1.35 bits per heavy atom. The molecule has 106 valence electrons. The molecule has 0 fully saturated rings. The molecule has 2 aromatic rings. The fourth-order valence-electron chi connectivity index (χ4n) is 1.54. The SMILES string of the molecule is CCOc1ccccc1OCc1ncc(C(=O)NN)s1. The number of aromatic nitrogens is 1. The summed E-state index contributed by atoms with van der Waals surface area (Å²) < 4.78 is 11.1. The predicted octanol–water partition coefficient (Wildman–Crippen LogP) is 1.72. The Morgan fingerprint density at radius 2 is 2.05 bits per heavy atom. The van der Waals surface area contributed by atoms with Crippen molar-refractivity contribution in [2.24, 2.45) is 5.84 Å². The smallest absolute Gasteiger partial charge is 0.276 e. The van der Waals surface area contributed by atoms with E-state index in [9.17, 15) is 4.79 Å². The van der Waals surface area contributed by atoms with Crippen molar-refractivity contribution in [1.29, 1.82) is 0 Å². The number of para-hydroxylation sites is 2. The summed E-state index contributed by atoms with van der Waals surface area (Å²) >= 11 is 1.24. The van der Waals surface area contributed by atoms with Gasteiger partial charge in [0.2, 0.25) is 0 Å². The fraction of sp³-hybridized carbons (Fsp3) is 0.231. The summed E-state index contributed by atoms with van der Waals surface area (Å²) in [5, 5.41) is 0.690. The molecule has 0 aliphatic rings. The summed E-state index contributed by atoms with van der Waals surface area (Å²) in [6.45, 7) is 2.75. The van der Waals surface area contributed by atoms with E-state index in [-0.39, 0.29) is 12.5 Å². The van der Waals surface area contributed by atoms with Gasteiger partial charge < -0.3 is 9.47 Å². The normalized spacial score (nSPS) is 10.1. The molecule has 0 aliphatic heterocycles. The highest BCUT2D eigenvalue weighted by molar-refractivity contribution is 7.13. The molecule has 0 bridgehead atoms. The molecule has 0 saturated carbocycles. The van der Waals surface area contributed by atoms with Gasteiger partial charge in [-0.15, -0.1) is 11.3 Å². The predicted molar refractivity (Wildman–Crippen MR) is 75.7 cm³/mol. The van der Waals surface area contributed by atoms with Crippen molar-refractivity contribution < 1.29 is 14.3 Å². The number of rotatable bonds is 6. The summed E-state index contributed by atoms with van der Waals surface area (Å²) in [5.41, 5.74) is 2.06. The number of nitrogen functional groups attached to an aromatic ring is 1. The summed E-state index contributed by atoms with van der Waals surface area (Å²) in [6.07, 6.45) is 1.47. The van der Waals surface area contributed by atoms with E-state index in [1.165, 1.54) is 17.5 Å². The first kappa shape index (κ1) is 14.3. The van der Waals surface area contributed by atoms with Crippen molar-refractivity contribution >= 4 is 17.2 Å². The van der Waals surface area contributed by atoms with E-state index in [1.807, 2.05) is 31.2 Å². The number of hydrazine groups is 1. The van der Waals surface area contributed by atoms with E-state index >= 15 is 0 Å². The summed E-state index contributed by atoms with van der Waals surface area (Å²) in [4.78, 5) is 15.9. The molecule has 0 radical (unpaired) electrons. The summed E-state index contributed by atoms with van der Waals surface area (Å²) in [7, 11) is 0. The number of benzene rings is 1. The molecule has 0 unspecified atom stereocenters. The van der Waals surface area contributed by atoms with E-state index in [0.29, 0.717) is 28.0 Å². The molecule has 1 heterocycles. The van der Waals surface area contributed by atoms with Gasteiger partial charge in [-0.3, -0.25) is 10.2 Å². The van der Waals surface area contributed by atoms with E-state index in [2.05, 4.69) is 10.4 Å². The van der Waals surface area contributed by atoms with E-state index < -0.39 is 0 Å². The Labute approximate surface area is 120 Å². The van der Waals surface area contributed by atoms with Crippen molar-refractivity contribution in [2.75, 3.05) is 6.61 Å². The second kappa shape index (κ2) is 6.88. The molecule has 20 heavy (non-hydrogen) atoms. The third-order valence-electron chi connectivity index (χ3n) is 2.41. The van der Waals surface area contributed by atoms with Crippen LogP contribution in [-0.4, -0.2) is 17.5 Å². The van der Waals surface area contributed by atoms with Crippen LogP contribution >= 0.6 is 11.3 Å². The van der Waals surface area contributed by atoms with Gasteiger partial charge in [-0.2, -0.15) is 0 Å². The number of thiazole rings is 1. The lowest BCUT2D eigenvalue weighted by molar-refractivity contribution is 0.0957. The van der Waals surface area contributed by atoms with Crippen LogP contribution in [0.15, 0.2) is 30.5 Å². The Morgan fingerprint density at radius 3 is 2.70 bits per heavy atom. The largest absolute Gasteiger partial charge is 0.490 e. The number of hydrogen-bond donors (Lipinski definition) is 2. The van der Waals surface area contributed by atoms with Crippen LogP contribution in [0.3, 0.4) is 0 Å². The maximum absolute atomic E-state index is 11.3. The van der Waals surface area contributed by atoms with Gasteiger partial charge >= 0.3 is 0 Å². The average Bonchev–Trinajstić information content (AvgIpc) is 2.95. The van der Waals surface area contributed by atoms with Crippen LogP contribution in [0, 0.1) is 0 Å². The molecule has 3 N–H and O–H groups in total. The van der Waals surface area contributed by atoms with Crippen molar-refractivity contribution in [3.63, 3.8) is 0 Å². The van der Waals surface area contributed by atoms with Gasteiger partial charge in [0.15, 0.2) is 11.5 Å². The molecule has 0 atom stereocenters. The highest BCUT2D eigenvalue weighted by Crippen LogP contribution is 2.27. The first-order valence-electron chi connectivity index (χ1n) is 6.05. The van der Waals surface area contributed by atoms with Gasteiger partial charge in [0.25, 0.3) is 5.91 Å². The number of nitrogens with two attached hydrogens (primary N) is 1. The third-order valence-corrected chi connectivity index (χ3v) is 3.38. The van der Waals surface area contributed by atoms with Gasteiger partial charge in [-0.1, -0.05) is 12.1 Å². The molecule has 1 aromatic heterocycles. The van der Waals surface area contributed by atoms with Crippen molar-refractivity contribution in [3.05, 3.63) is 40.3 Å². The minimum Gasteiger partial charge on any atom is -0.490 e. The van der Waals surface area contributed by atoms with Crippen molar-refractivity contribution in [3.8, 4) is 11.5 Å². The lowest BCUT2D eigenvalue weighted by Crippen LogP contribution is -2.29. The zero-order valence-electron chi connectivity index (χ0n) is 11.0. The number of ether oxygens (including phenoxy) is 2. The molecule has 1 amide bonds. The Balaban J connectivity index is 2.02. The Kier molecular flexibility index (Phi) is 4.91. The minimum absolute atomic E-state index is 0.270. The second-order valence-corrected chi connectivity index (χ2v) is 4.88. The number of carbonyl (C=O) groups is 1. The molecule has 1 aromatic carbocycles. The maximum Gasteiger partial charge on any atom is 0.276 e. The first-order chi connectivity index (χ1) is 9.74. The molecule has 2 rings (SSSR count). The van der Waals surface area contributed by atoms with Crippen LogP contribution in [0.25, 0.3) is 0 Å². The van der Waals surface area contributed by atoms with Gasteiger partial charge in [0.05, 0.1) is 12.8 Å². The quantitative estimate of drug-likeness (QED) is 0.481.